The number of guanidine groups is 1. The van der Waals surface area contributed by atoms with Gasteiger partial charge in [0.25, 0.3) is 0 Å². The molecule has 0 bridgehead atoms. The van der Waals surface area contributed by atoms with Gasteiger partial charge in [-0.1, -0.05) is 36.4 Å². The van der Waals surface area contributed by atoms with Gasteiger partial charge in [0, 0.05) is 25.4 Å². The first-order chi connectivity index (χ1) is 14.7. The zero-order valence-electron chi connectivity index (χ0n) is 18.7. The number of hydrogen-bond donors (Lipinski definition) is 2. The molecule has 8 heteroatoms. The highest BCUT2D eigenvalue weighted by Gasteiger charge is 2.14. The highest BCUT2D eigenvalue weighted by atomic mass is 32.2. The van der Waals surface area contributed by atoms with Crippen molar-refractivity contribution < 1.29 is 12.8 Å². The van der Waals surface area contributed by atoms with Crippen LogP contribution in [0, 0.1) is 5.82 Å². The lowest BCUT2D eigenvalue weighted by molar-refractivity contribution is 0.290. The Balaban J connectivity index is 2.12. The molecule has 0 saturated heterocycles. The van der Waals surface area contributed by atoms with Gasteiger partial charge in [0.2, 0.25) is 0 Å². The Hall–Kier alpha value is -2.45. The molecule has 0 aliphatic heterocycles. The van der Waals surface area contributed by atoms with Crippen molar-refractivity contribution in [3.05, 3.63) is 71.0 Å². The van der Waals surface area contributed by atoms with Crippen LogP contribution in [-0.2, 0) is 28.6 Å². The van der Waals surface area contributed by atoms with Crippen LogP contribution < -0.4 is 10.6 Å². The summed E-state index contributed by atoms with van der Waals surface area (Å²) in [7, 11) is 0.861. The first kappa shape index (κ1) is 24.8. The van der Waals surface area contributed by atoms with Crippen molar-refractivity contribution in [3.8, 4) is 0 Å². The maximum Gasteiger partial charge on any atom is 0.191 e. The van der Waals surface area contributed by atoms with Gasteiger partial charge in [-0.2, -0.15) is 0 Å². The average Bonchev–Trinajstić information content (AvgIpc) is 2.70. The molecular weight excluding hydrogens is 415 g/mol. The van der Waals surface area contributed by atoms with Gasteiger partial charge in [0.1, 0.15) is 5.82 Å². The third kappa shape index (κ3) is 9.06. The normalized spacial score (nSPS) is 13.3. The van der Waals surface area contributed by atoms with E-state index >= 15 is 0 Å². The monoisotopic (exact) mass is 448 g/mol. The molecule has 0 saturated carbocycles. The van der Waals surface area contributed by atoms with Crippen molar-refractivity contribution in [1.29, 1.82) is 0 Å². The number of benzene rings is 2. The lowest BCUT2D eigenvalue weighted by Crippen LogP contribution is -2.46. The highest BCUT2D eigenvalue weighted by molar-refractivity contribution is 7.89. The fourth-order valence-corrected chi connectivity index (χ4v) is 4.06. The second-order valence-corrected chi connectivity index (χ2v) is 10.0. The molecule has 0 heterocycles. The van der Waals surface area contributed by atoms with Crippen molar-refractivity contribution in [2.24, 2.45) is 4.99 Å². The van der Waals surface area contributed by atoms with Crippen molar-refractivity contribution in [2.45, 2.75) is 31.7 Å². The van der Waals surface area contributed by atoms with E-state index in [1.807, 2.05) is 39.2 Å². The van der Waals surface area contributed by atoms with Gasteiger partial charge in [-0.05, 0) is 56.3 Å². The molecule has 0 amide bonds. The van der Waals surface area contributed by atoms with Crippen LogP contribution in [0.4, 0.5) is 4.39 Å². The molecule has 2 aromatic rings. The first-order valence-electron chi connectivity index (χ1n) is 10.4. The number of aliphatic imine (C=N–C) groups is 1. The molecule has 31 heavy (non-hydrogen) atoms. The van der Waals surface area contributed by atoms with Gasteiger partial charge in [-0.15, -0.1) is 0 Å². The van der Waals surface area contributed by atoms with E-state index in [4.69, 9.17) is 0 Å². The minimum Gasteiger partial charge on any atom is -0.357 e. The number of sulfone groups is 1. The van der Waals surface area contributed by atoms with Gasteiger partial charge >= 0.3 is 0 Å². The number of halogens is 1. The van der Waals surface area contributed by atoms with Crippen LogP contribution in [-0.4, -0.2) is 58.8 Å². The molecule has 6 nitrogen and oxygen atoms in total. The van der Waals surface area contributed by atoms with Gasteiger partial charge in [0.15, 0.2) is 15.8 Å². The zero-order valence-corrected chi connectivity index (χ0v) is 19.5. The minimum absolute atomic E-state index is 0.137. The molecule has 0 aliphatic rings. The zero-order chi connectivity index (χ0) is 22.9. The van der Waals surface area contributed by atoms with Crippen LogP contribution in [0.1, 0.15) is 23.6 Å². The predicted molar refractivity (Wildman–Crippen MR) is 125 cm³/mol. The van der Waals surface area contributed by atoms with E-state index in [1.54, 1.807) is 0 Å². The van der Waals surface area contributed by atoms with Gasteiger partial charge in [-0.3, -0.25) is 0 Å². The van der Waals surface area contributed by atoms with Crippen molar-refractivity contribution in [2.75, 3.05) is 33.4 Å². The summed E-state index contributed by atoms with van der Waals surface area (Å²) in [6.07, 6.45) is 2.06. The number of nitrogens with one attached hydrogen (secondary N) is 2. The van der Waals surface area contributed by atoms with Crippen molar-refractivity contribution in [3.63, 3.8) is 0 Å². The Morgan fingerprint density at radius 3 is 2.42 bits per heavy atom. The Kier molecular flexibility index (Phi) is 9.45. The molecule has 2 aromatic carbocycles. The Morgan fingerprint density at radius 1 is 1.10 bits per heavy atom. The fraction of sp³-hybridized carbons (Fsp3) is 0.435. The standard InChI is InChI=1S/C23H33FN4O2S/c1-5-25-23(27-16-22(28(2)3)13-18-9-7-6-8-10-18)26-15-20-14-21(24)12-11-19(20)17-31(4,29)30/h6-12,14,22H,5,13,15-17H2,1-4H3,(H2,25,26,27). The van der Waals surface area contributed by atoms with E-state index in [-0.39, 0.29) is 18.3 Å². The Bertz CT molecular complexity index is 963. The molecule has 0 aliphatic carbocycles. The SMILES string of the molecule is CCNC(=NCc1cc(F)ccc1CS(C)(=O)=O)NCC(Cc1ccccc1)N(C)C. The van der Waals surface area contributed by atoms with Crippen molar-refractivity contribution in [1.82, 2.24) is 15.5 Å². The summed E-state index contributed by atoms with van der Waals surface area (Å²) in [5.74, 6) is 0.0648. The van der Waals surface area contributed by atoms with E-state index < -0.39 is 15.7 Å². The molecule has 2 rings (SSSR count). The van der Waals surface area contributed by atoms with Gasteiger partial charge < -0.3 is 15.5 Å². The molecule has 1 atom stereocenters. The lowest BCUT2D eigenvalue weighted by atomic mass is 10.1. The summed E-state index contributed by atoms with van der Waals surface area (Å²) in [6, 6.07) is 14.7. The molecular formula is C23H33FN4O2S. The Labute approximate surface area is 185 Å². The van der Waals surface area contributed by atoms with Crippen molar-refractivity contribution >= 4 is 15.8 Å². The van der Waals surface area contributed by atoms with E-state index in [0.29, 0.717) is 30.2 Å². The van der Waals surface area contributed by atoms with Crippen LogP contribution in [0.15, 0.2) is 53.5 Å². The number of likely N-dealkylation sites (N-methyl/N-ethyl adjacent to an activating group) is 1. The summed E-state index contributed by atoms with van der Waals surface area (Å²) >= 11 is 0. The largest absolute Gasteiger partial charge is 0.357 e. The predicted octanol–water partition coefficient (Wildman–Crippen LogP) is 2.60. The molecule has 0 spiro atoms. The highest BCUT2D eigenvalue weighted by Crippen LogP contribution is 2.15. The molecule has 0 fully saturated rings. The van der Waals surface area contributed by atoms with E-state index in [1.165, 1.54) is 30.0 Å². The molecule has 0 radical (unpaired) electrons. The molecule has 170 valence electrons. The van der Waals surface area contributed by atoms with Gasteiger partial charge in [0.05, 0.1) is 12.3 Å². The number of nitrogens with zero attached hydrogens (tertiary/aromatic N) is 2. The lowest BCUT2D eigenvalue weighted by Gasteiger charge is -2.25. The third-order valence-corrected chi connectivity index (χ3v) is 5.72. The average molecular weight is 449 g/mol. The summed E-state index contributed by atoms with van der Waals surface area (Å²) < 4.78 is 37.2. The first-order valence-corrected chi connectivity index (χ1v) is 12.4. The third-order valence-electron chi connectivity index (χ3n) is 4.89. The van der Waals surface area contributed by atoms with Crippen LogP contribution >= 0.6 is 0 Å². The molecule has 2 N–H and O–H groups in total. The van der Waals surface area contributed by atoms with Crippen LogP contribution in [0.2, 0.25) is 0 Å². The van der Waals surface area contributed by atoms with Crippen LogP contribution in [0.5, 0.6) is 0 Å². The summed E-state index contributed by atoms with van der Waals surface area (Å²) in [5.41, 5.74) is 2.39. The maximum absolute atomic E-state index is 13.8. The quantitative estimate of drug-likeness (QED) is 0.432. The smallest absolute Gasteiger partial charge is 0.191 e. The van der Waals surface area contributed by atoms with E-state index in [9.17, 15) is 12.8 Å². The fourth-order valence-electron chi connectivity index (χ4n) is 3.21. The molecule has 0 aromatic heterocycles. The number of hydrogen-bond acceptors (Lipinski definition) is 4. The second kappa shape index (κ2) is 11.8. The minimum atomic E-state index is -3.23. The molecule has 1 unspecified atom stereocenters. The maximum atomic E-state index is 13.8. The topological polar surface area (TPSA) is 73.8 Å². The summed E-state index contributed by atoms with van der Waals surface area (Å²) in [6.45, 7) is 3.51. The van der Waals surface area contributed by atoms with Crippen LogP contribution in [0.3, 0.4) is 0 Å². The van der Waals surface area contributed by atoms with E-state index in [2.05, 4.69) is 32.7 Å². The number of rotatable bonds is 10. The van der Waals surface area contributed by atoms with E-state index in [0.717, 1.165) is 6.42 Å². The second-order valence-electron chi connectivity index (χ2n) is 7.87. The Morgan fingerprint density at radius 2 is 1.81 bits per heavy atom. The van der Waals surface area contributed by atoms with Gasteiger partial charge in [-0.25, -0.2) is 17.8 Å². The summed E-state index contributed by atoms with van der Waals surface area (Å²) in [5, 5.41) is 6.56. The van der Waals surface area contributed by atoms with Crippen LogP contribution in [0.25, 0.3) is 0 Å². The summed E-state index contributed by atoms with van der Waals surface area (Å²) in [4.78, 5) is 6.74.